The van der Waals surface area contributed by atoms with Crippen LogP contribution < -0.4 is 5.32 Å². The molecule has 0 aliphatic heterocycles. The van der Waals surface area contributed by atoms with Crippen LogP contribution in [0.4, 0.5) is 4.79 Å². The summed E-state index contributed by atoms with van der Waals surface area (Å²) in [6.45, 7) is 24.2. The molecule has 0 aliphatic rings. The molecule has 0 fully saturated rings. The van der Waals surface area contributed by atoms with E-state index in [4.69, 9.17) is 14.2 Å². The van der Waals surface area contributed by atoms with Crippen LogP contribution in [0.5, 0.6) is 0 Å². The van der Waals surface area contributed by atoms with Crippen LogP contribution in [0.15, 0.2) is 0 Å². The smallest absolute Gasteiger partial charge is 0.407 e. The van der Waals surface area contributed by atoms with Crippen LogP contribution >= 0.6 is 0 Å². The minimum atomic E-state index is -0.528. The largest absolute Gasteiger partial charge is 0.465 e. The van der Waals surface area contributed by atoms with Crippen LogP contribution in [0, 0.1) is 10.8 Å². The van der Waals surface area contributed by atoms with Crippen molar-refractivity contribution in [1.29, 1.82) is 0 Å². The summed E-state index contributed by atoms with van der Waals surface area (Å²) >= 11 is 0. The van der Waals surface area contributed by atoms with Crippen LogP contribution in [0.25, 0.3) is 0 Å². The first-order chi connectivity index (χ1) is 29.1. The highest BCUT2D eigenvalue weighted by atomic mass is 16.6. The Balaban J connectivity index is 4.86. The lowest BCUT2D eigenvalue weighted by atomic mass is 9.86. The molecule has 362 valence electrons. The van der Waals surface area contributed by atoms with E-state index in [1.807, 2.05) is 34.6 Å². The van der Waals surface area contributed by atoms with Crippen LogP contribution in [0.3, 0.4) is 0 Å². The second-order valence-electron chi connectivity index (χ2n) is 20.8. The van der Waals surface area contributed by atoms with Crippen molar-refractivity contribution in [2.24, 2.45) is 10.8 Å². The van der Waals surface area contributed by atoms with E-state index in [9.17, 15) is 14.4 Å². The number of amides is 1. The molecule has 0 heterocycles. The molecule has 8 heteroatoms. The van der Waals surface area contributed by atoms with Crippen LogP contribution in [-0.2, 0) is 23.8 Å². The third-order valence-electron chi connectivity index (χ3n) is 12.3. The van der Waals surface area contributed by atoms with Gasteiger partial charge in [-0.15, -0.1) is 0 Å². The zero-order valence-electron chi connectivity index (χ0n) is 42.4. The van der Waals surface area contributed by atoms with Gasteiger partial charge in [0, 0.05) is 13.1 Å². The van der Waals surface area contributed by atoms with Crippen molar-refractivity contribution in [2.75, 3.05) is 32.8 Å². The highest BCUT2D eigenvalue weighted by Crippen LogP contribution is 2.29. The Morgan fingerprint density at radius 1 is 0.475 bits per heavy atom. The molecule has 8 nitrogen and oxygen atoms in total. The first-order valence-electron chi connectivity index (χ1n) is 26.2. The number of rotatable bonds is 42. The summed E-state index contributed by atoms with van der Waals surface area (Å²) in [6.07, 6.45) is 35.8. The number of esters is 2. The molecular formula is C53H104N2O6. The summed E-state index contributed by atoms with van der Waals surface area (Å²) < 4.78 is 17.5. The summed E-state index contributed by atoms with van der Waals surface area (Å²) in [5.41, 5.74) is -1.50. The van der Waals surface area contributed by atoms with E-state index in [1.165, 1.54) is 109 Å². The molecule has 0 spiro atoms. The SMILES string of the molecule is CCCCCCCCCCCOC(=O)C(C)(C)CCCCN(CCCCCCC(C)(C)C(=O)OC(CCCCCCCC)CCCCCCCC)CCNC(=O)OC(C)(C)C. The molecule has 1 N–H and O–H groups in total. The zero-order valence-corrected chi connectivity index (χ0v) is 42.4. The van der Waals surface area contributed by atoms with Gasteiger partial charge in [0.15, 0.2) is 0 Å². The predicted molar refractivity (Wildman–Crippen MR) is 259 cm³/mol. The van der Waals surface area contributed by atoms with Crippen LogP contribution in [0.1, 0.15) is 268 Å². The molecule has 0 aromatic carbocycles. The quantitative estimate of drug-likeness (QED) is 0.0371. The molecule has 0 bridgehead atoms. The van der Waals surface area contributed by atoms with Crippen LogP contribution in [-0.4, -0.2) is 67.4 Å². The number of ether oxygens (including phenoxy) is 3. The monoisotopic (exact) mass is 865 g/mol. The second-order valence-corrected chi connectivity index (χ2v) is 20.8. The highest BCUT2D eigenvalue weighted by molar-refractivity contribution is 5.76. The summed E-state index contributed by atoms with van der Waals surface area (Å²) in [5.74, 6) is -0.101. The lowest BCUT2D eigenvalue weighted by molar-refractivity contribution is -0.161. The summed E-state index contributed by atoms with van der Waals surface area (Å²) in [4.78, 5) is 41.2. The van der Waals surface area contributed by atoms with Crippen molar-refractivity contribution in [3.8, 4) is 0 Å². The third kappa shape index (κ3) is 36.2. The Hall–Kier alpha value is -1.83. The normalized spacial score (nSPS) is 12.3. The molecule has 0 aromatic rings. The Morgan fingerprint density at radius 2 is 0.869 bits per heavy atom. The average Bonchev–Trinajstić information content (AvgIpc) is 3.19. The lowest BCUT2D eigenvalue weighted by Crippen LogP contribution is -2.38. The number of carbonyl (C=O) groups is 3. The van der Waals surface area contributed by atoms with Gasteiger partial charge in [-0.25, -0.2) is 4.79 Å². The first-order valence-corrected chi connectivity index (χ1v) is 26.2. The van der Waals surface area contributed by atoms with Gasteiger partial charge in [-0.05, 0) is 119 Å². The van der Waals surface area contributed by atoms with Gasteiger partial charge in [0.1, 0.15) is 11.7 Å². The van der Waals surface area contributed by atoms with Gasteiger partial charge in [0.2, 0.25) is 0 Å². The molecule has 0 radical (unpaired) electrons. The van der Waals surface area contributed by atoms with Crippen molar-refractivity contribution in [3.05, 3.63) is 0 Å². The number of hydrogen-bond acceptors (Lipinski definition) is 7. The van der Waals surface area contributed by atoms with Gasteiger partial charge in [-0.2, -0.15) is 0 Å². The minimum Gasteiger partial charge on any atom is -0.465 e. The first kappa shape index (κ1) is 59.2. The topological polar surface area (TPSA) is 94.2 Å². The predicted octanol–water partition coefficient (Wildman–Crippen LogP) is 15.5. The molecule has 0 rings (SSSR count). The lowest BCUT2D eigenvalue weighted by Gasteiger charge is -2.27. The zero-order chi connectivity index (χ0) is 45.7. The van der Waals surface area contributed by atoms with Gasteiger partial charge in [-0.1, -0.05) is 162 Å². The van der Waals surface area contributed by atoms with E-state index >= 15 is 0 Å². The maximum Gasteiger partial charge on any atom is 0.407 e. The van der Waals surface area contributed by atoms with Gasteiger partial charge in [-0.3, -0.25) is 9.59 Å². The van der Waals surface area contributed by atoms with E-state index in [1.54, 1.807) is 0 Å². The number of alkyl carbamates (subject to hydrolysis) is 1. The van der Waals surface area contributed by atoms with E-state index in [2.05, 4.69) is 44.8 Å². The van der Waals surface area contributed by atoms with E-state index in [0.29, 0.717) is 13.2 Å². The Labute approximate surface area is 379 Å². The van der Waals surface area contributed by atoms with Gasteiger partial charge < -0.3 is 24.4 Å². The summed E-state index contributed by atoms with van der Waals surface area (Å²) in [5, 5.41) is 2.93. The second kappa shape index (κ2) is 37.5. The molecule has 61 heavy (non-hydrogen) atoms. The molecule has 0 aliphatic carbocycles. The van der Waals surface area contributed by atoms with Crippen molar-refractivity contribution < 1.29 is 28.6 Å². The fourth-order valence-electron chi connectivity index (χ4n) is 7.98. The van der Waals surface area contributed by atoms with Gasteiger partial charge >= 0.3 is 18.0 Å². The Bertz CT molecular complexity index is 1040. The van der Waals surface area contributed by atoms with E-state index < -0.39 is 16.4 Å². The molecule has 0 aromatic heterocycles. The van der Waals surface area contributed by atoms with E-state index in [0.717, 1.165) is 110 Å². The molecule has 0 saturated heterocycles. The van der Waals surface area contributed by atoms with Crippen molar-refractivity contribution in [1.82, 2.24) is 10.2 Å². The third-order valence-corrected chi connectivity index (χ3v) is 12.3. The fourth-order valence-corrected chi connectivity index (χ4v) is 7.98. The number of unbranched alkanes of at least 4 members (excludes halogenated alkanes) is 22. The average molecular weight is 865 g/mol. The maximum atomic E-state index is 13.5. The number of carbonyl (C=O) groups excluding carboxylic acids is 3. The summed E-state index contributed by atoms with van der Waals surface area (Å²) in [6, 6.07) is 0. The number of nitrogens with zero attached hydrogens (tertiary/aromatic N) is 1. The van der Waals surface area contributed by atoms with Crippen molar-refractivity contribution in [3.63, 3.8) is 0 Å². The van der Waals surface area contributed by atoms with Crippen molar-refractivity contribution >= 4 is 18.0 Å². The highest BCUT2D eigenvalue weighted by Gasteiger charge is 2.31. The molecular weight excluding hydrogens is 761 g/mol. The van der Waals surface area contributed by atoms with Crippen LogP contribution in [0.2, 0.25) is 0 Å². The fraction of sp³-hybridized carbons (Fsp3) is 0.943. The minimum absolute atomic E-state index is 0.0200. The standard InChI is InChI=1S/C53H104N2O6/c1-11-14-17-20-23-24-25-30-37-46-59-48(56)52(7,8)41-34-36-44-55(45-42-54-50(58)61-51(4,5)6)43-35-29-28-33-40-53(9,10)49(57)60-47(38-31-26-21-18-15-12-2)39-32-27-22-19-16-13-3/h47H,11-46H2,1-10H3,(H,54,58). The van der Waals surface area contributed by atoms with Gasteiger partial charge in [0.05, 0.1) is 17.4 Å². The van der Waals surface area contributed by atoms with Crippen molar-refractivity contribution in [2.45, 2.75) is 280 Å². The number of hydrogen-bond donors (Lipinski definition) is 1. The maximum absolute atomic E-state index is 13.5. The molecule has 0 atom stereocenters. The molecule has 0 saturated carbocycles. The molecule has 0 unspecified atom stereocenters. The Morgan fingerprint density at radius 3 is 1.36 bits per heavy atom. The van der Waals surface area contributed by atoms with E-state index in [-0.39, 0.29) is 24.1 Å². The molecule has 1 amide bonds. The summed E-state index contributed by atoms with van der Waals surface area (Å²) in [7, 11) is 0. The number of nitrogens with one attached hydrogen (secondary N) is 1. The Kier molecular flexibility index (Phi) is 36.4. The van der Waals surface area contributed by atoms with Gasteiger partial charge in [0.25, 0.3) is 0 Å².